The molecular weight excluding hydrogens is 327 g/mol. The quantitative estimate of drug-likeness (QED) is 0.758. The number of anilines is 1. The summed E-state index contributed by atoms with van der Waals surface area (Å²) in [4.78, 5) is 13.5. The highest BCUT2D eigenvalue weighted by Gasteiger charge is 2.17. The van der Waals surface area contributed by atoms with Crippen molar-refractivity contribution in [3.05, 3.63) is 50.1 Å². The lowest BCUT2D eigenvalue weighted by Crippen LogP contribution is -2.28. The van der Waals surface area contributed by atoms with E-state index in [0.717, 1.165) is 17.7 Å². The molecule has 0 radical (unpaired) electrons. The standard InChI is InChI=1S/C15H16Cl2N2OS/c1-2-4-12(13-5-3-6-21-13)19-15(20)9-7-10(16)14(18)11(17)8-9/h3,5-8,12H,2,4,18H2,1H3,(H,19,20). The Morgan fingerprint density at radius 3 is 2.57 bits per heavy atom. The Labute approximate surface area is 138 Å². The van der Waals surface area contributed by atoms with Crippen LogP contribution in [0, 0.1) is 0 Å². The molecule has 2 rings (SSSR count). The van der Waals surface area contributed by atoms with Crippen molar-refractivity contribution in [1.29, 1.82) is 0 Å². The smallest absolute Gasteiger partial charge is 0.251 e. The number of thiophene rings is 1. The molecule has 6 heteroatoms. The van der Waals surface area contributed by atoms with Gasteiger partial charge in [0, 0.05) is 10.4 Å². The maximum Gasteiger partial charge on any atom is 0.251 e. The molecule has 3 N–H and O–H groups in total. The van der Waals surface area contributed by atoms with Gasteiger partial charge >= 0.3 is 0 Å². The van der Waals surface area contributed by atoms with E-state index in [2.05, 4.69) is 12.2 Å². The molecule has 0 bridgehead atoms. The molecular formula is C15H16Cl2N2OS. The molecule has 1 aromatic carbocycles. The van der Waals surface area contributed by atoms with Crippen molar-refractivity contribution in [2.75, 3.05) is 5.73 Å². The Kier molecular flexibility index (Phi) is 5.51. The molecule has 3 nitrogen and oxygen atoms in total. The van der Waals surface area contributed by atoms with Crippen molar-refractivity contribution in [1.82, 2.24) is 5.32 Å². The first-order valence-corrected chi connectivity index (χ1v) is 8.25. The highest BCUT2D eigenvalue weighted by atomic mass is 35.5. The fourth-order valence-electron chi connectivity index (χ4n) is 2.02. The summed E-state index contributed by atoms with van der Waals surface area (Å²) in [6.07, 6.45) is 1.86. The van der Waals surface area contributed by atoms with E-state index in [9.17, 15) is 4.79 Å². The van der Waals surface area contributed by atoms with Crippen LogP contribution in [0.15, 0.2) is 29.6 Å². The maximum atomic E-state index is 12.4. The lowest BCUT2D eigenvalue weighted by molar-refractivity contribution is 0.0935. The lowest BCUT2D eigenvalue weighted by atomic mass is 10.1. The molecule has 0 saturated heterocycles. The average molecular weight is 343 g/mol. The van der Waals surface area contributed by atoms with Crippen LogP contribution in [0.5, 0.6) is 0 Å². The van der Waals surface area contributed by atoms with Gasteiger partial charge in [0.2, 0.25) is 0 Å². The van der Waals surface area contributed by atoms with Gasteiger partial charge in [-0.3, -0.25) is 4.79 Å². The van der Waals surface area contributed by atoms with Gasteiger partial charge in [0.25, 0.3) is 5.91 Å². The zero-order chi connectivity index (χ0) is 15.4. The normalized spacial score (nSPS) is 12.1. The monoisotopic (exact) mass is 342 g/mol. The van der Waals surface area contributed by atoms with Gasteiger partial charge in [-0.15, -0.1) is 11.3 Å². The van der Waals surface area contributed by atoms with Crippen LogP contribution in [0.25, 0.3) is 0 Å². The fourth-order valence-corrected chi connectivity index (χ4v) is 3.32. The molecule has 21 heavy (non-hydrogen) atoms. The van der Waals surface area contributed by atoms with Crippen molar-refractivity contribution in [3.63, 3.8) is 0 Å². The SMILES string of the molecule is CCCC(NC(=O)c1cc(Cl)c(N)c(Cl)c1)c1cccs1. The van der Waals surface area contributed by atoms with E-state index in [-0.39, 0.29) is 22.0 Å². The Balaban J connectivity index is 2.19. The van der Waals surface area contributed by atoms with Gasteiger partial charge in [-0.2, -0.15) is 0 Å². The van der Waals surface area contributed by atoms with Gasteiger partial charge in [-0.1, -0.05) is 42.6 Å². The van der Waals surface area contributed by atoms with Crippen LogP contribution in [0.1, 0.15) is 41.0 Å². The summed E-state index contributed by atoms with van der Waals surface area (Å²) in [6.45, 7) is 2.09. The molecule has 0 aliphatic carbocycles. The van der Waals surface area contributed by atoms with Gasteiger partial charge in [0.15, 0.2) is 0 Å². The number of benzene rings is 1. The third-order valence-electron chi connectivity index (χ3n) is 3.11. The van der Waals surface area contributed by atoms with Crippen LogP contribution >= 0.6 is 34.5 Å². The third kappa shape index (κ3) is 3.90. The molecule has 1 heterocycles. The lowest BCUT2D eigenvalue weighted by Gasteiger charge is -2.17. The second-order valence-electron chi connectivity index (χ2n) is 4.68. The molecule has 1 unspecified atom stereocenters. The highest BCUT2D eigenvalue weighted by molar-refractivity contribution is 7.10. The number of nitrogens with one attached hydrogen (secondary N) is 1. The van der Waals surface area contributed by atoms with E-state index in [1.165, 1.54) is 12.1 Å². The molecule has 0 saturated carbocycles. The summed E-state index contributed by atoms with van der Waals surface area (Å²) in [5, 5.41) is 5.60. The summed E-state index contributed by atoms with van der Waals surface area (Å²) in [5.41, 5.74) is 6.39. The number of amides is 1. The van der Waals surface area contributed by atoms with Crippen LogP contribution in [-0.4, -0.2) is 5.91 Å². The Morgan fingerprint density at radius 2 is 2.05 bits per heavy atom. The first kappa shape index (κ1) is 16.1. The van der Waals surface area contributed by atoms with Crippen LogP contribution in [-0.2, 0) is 0 Å². The molecule has 112 valence electrons. The van der Waals surface area contributed by atoms with Gasteiger partial charge in [0.05, 0.1) is 21.8 Å². The topological polar surface area (TPSA) is 55.1 Å². The van der Waals surface area contributed by atoms with Crippen molar-refractivity contribution in [3.8, 4) is 0 Å². The third-order valence-corrected chi connectivity index (χ3v) is 4.72. The number of hydrogen-bond acceptors (Lipinski definition) is 3. The van der Waals surface area contributed by atoms with Crippen molar-refractivity contribution in [2.24, 2.45) is 0 Å². The predicted molar refractivity (Wildman–Crippen MR) is 90.3 cm³/mol. The average Bonchev–Trinajstić information content (AvgIpc) is 2.97. The number of halogens is 2. The number of nitrogen functional groups attached to an aromatic ring is 1. The van der Waals surface area contributed by atoms with E-state index in [1.807, 2.05) is 17.5 Å². The zero-order valence-electron chi connectivity index (χ0n) is 11.5. The molecule has 1 atom stereocenters. The highest BCUT2D eigenvalue weighted by Crippen LogP contribution is 2.29. The second-order valence-corrected chi connectivity index (χ2v) is 6.48. The Hall–Kier alpha value is -1.23. The molecule has 2 aromatic rings. The molecule has 1 aromatic heterocycles. The minimum absolute atomic E-state index is 0.00222. The summed E-state index contributed by atoms with van der Waals surface area (Å²) in [5.74, 6) is -0.203. The van der Waals surface area contributed by atoms with Crippen molar-refractivity contribution in [2.45, 2.75) is 25.8 Å². The minimum atomic E-state index is -0.203. The molecule has 1 amide bonds. The largest absolute Gasteiger partial charge is 0.396 e. The van der Waals surface area contributed by atoms with E-state index in [0.29, 0.717) is 11.3 Å². The van der Waals surface area contributed by atoms with Crippen LogP contribution in [0.4, 0.5) is 5.69 Å². The van der Waals surface area contributed by atoms with Crippen LogP contribution in [0.3, 0.4) is 0 Å². The van der Waals surface area contributed by atoms with Crippen LogP contribution < -0.4 is 11.1 Å². The Morgan fingerprint density at radius 1 is 1.38 bits per heavy atom. The minimum Gasteiger partial charge on any atom is -0.396 e. The number of carbonyl (C=O) groups is 1. The van der Waals surface area contributed by atoms with Crippen LogP contribution in [0.2, 0.25) is 10.0 Å². The number of nitrogens with two attached hydrogens (primary N) is 1. The number of hydrogen-bond donors (Lipinski definition) is 2. The van der Waals surface area contributed by atoms with Gasteiger partial charge < -0.3 is 11.1 Å². The first-order chi connectivity index (χ1) is 10.0. The first-order valence-electron chi connectivity index (χ1n) is 6.61. The van der Waals surface area contributed by atoms with E-state index < -0.39 is 0 Å². The number of carbonyl (C=O) groups excluding carboxylic acids is 1. The van der Waals surface area contributed by atoms with Gasteiger partial charge in [-0.25, -0.2) is 0 Å². The second kappa shape index (κ2) is 7.16. The molecule has 0 fully saturated rings. The van der Waals surface area contributed by atoms with E-state index in [4.69, 9.17) is 28.9 Å². The van der Waals surface area contributed by atoms with E-state index >= 15 is 0 Å². The van der Waals surface area contributed by atoms with Gasteiger partial charge in [-0.05, 0) is 30.0 Å². The fraction of sp³-hybridized carbons (Fsp3) is 0.267. The number of rotatable bonds is 5. The summed E-state index contributed by atoms with van der Waals surface area (Å²) in [6, 6.07) is 7.07. The molecule has 0 aliphatic rings. The zero-order valence-corrected chi connectivity index (χ0v) is 13.9. The molecule has 0 aliphatic heterocycles. The van der Waals surface area contributed by atoms with Crippen molar-refractivity contribution >= 4 is 46.1 Å². The summed E-state index contributed by atoms with van der Waals surface area (Å²) < 4.78 is 0. The predicted octanol–water partition coefficient (Wildman–Crippen LogP) is 4.91. The van der Waals surface area contributed by atoms with Crippen molar-refractivity contribution < 1.29 is 4.79 Å². The van der Waals surface area contributed by atoms with Gasteiger partial charge in [0.1, 0.15) is 0 Å². The molecule has 0 spiro atoms. The Bertz CT molecular complexity index is 606. The summed E-state index contributed by atoms with van der Waals surface area (Å²) >= 11 is 13.6. The summed E-state index contributed by atoms with van der Waals surface area (Å²) in [7, 11) is 0. The van der Waals surface area contributed by atoms with E-state index in [1.54, 1.807) is 11.3 Å². The maximum absolute atomic E-state index is 12.4.